The number of carbonyl (C=O) groups excluding carboxylic acids is 2. The lowest BCUT2D eigenvalue weighted by molar-refractivity contribution is -0.170. The third-order valence-electron chi connectivity index (χ3n) is 6.36. The van der Waals surface area contributed by atoms with Crippen LogP contribution >= 0.6 is 56.1 Å². The van der Waals surface area contributed by atoms with Crippen molar-refractivity contribution in [3.8, 4) is 0 Å². The highest BCUT2D eigenvalue weighted by Crippen LogP contribution is 2.53. The number of carbonyl (C=O) groups is 2. The van der Waals surface area contributed by atoms with Gasteiger partial charge < -0.3 is 14.1 Å². The second kappa shape index (κ2) is 13.7. The summed E-state index contributed by atoms with van der Waals surface area (Å²) in [5.74, 6) is -0.882. The molecule has 6 nitrogen and oxygen atoms in total. The van der Waals surface area contributed by atoms with Crippen LogP contribution in [0.1, 0.15) is 34.1 Å². The molecule has 0 bridgehead atoms. The molecular weight excluding hydrogens is 599 g/mol. The zero-order valence-electron chi connectivity index (χ0n) is 22.6. The van der Waals surface area contributed by atoms with Gasteiger partial charge in [0.1, 0.15) is 16.8 Å². The van der Waals surface area contributed by atoms with E-state index in [1.165, 1.54) is 10.8 Å². The number of likely N-dealkylation sites (tertiary alicyclic amines) is 1. The van der Waals surface area contributed by atoms with Gasteiger partial charge in [-0.1, -0.05) is 50.3 Å². The molecular formula is C26H36Cl2N2O4S3Si. The van der Waals surface area contributed by atoms with Crippen LogP contribution in [0, 0.1) is 17.3 Å². The number of hydrogen-bond acceptors (Lipinski definition) is 8. The third kappa shape index (κ3) is 7.92. The largest absolute Gasteiger partial charge is 0.461 e. The Kier molecular flexibility index (Phi) is 11.5. The van der Waals surface area contributed by atoms with E-state index in [1.807, 2.05) is 24.3 Å². The molecule has 0 spiro atoms. The molecule has 1 aromatic heterocycles. The monoisotopic (exact) mass is 634 g/mol. The quantitative estimate of drug-likeness (QED) is 0.0578. The Morgan fingerprint density at radius 2 is 1.97 bits per heavy atom. The van der Waals surface area contributed by atoms with Gasteiger partial charge in [0.2, 0.25) is 5.91 Å². The van der Waals surface area contributed by atoms with Gasteiger partial charge in [0.15, 0.2) is 19.4 Å². The minimum atomic E-state index is -1.18. The summed E-state index contributed by atoms with van der Waals surface area (Å²) in [6, 6.07) is 7.09. The number of rotatable bonds is 13. The molecule has 38 heavy (non-hydrogen) atoms. The molecule has 0 aliphatic carbocycles. The van der Waals surface area contributed by atoms with Gasteiger partial charge in [-0.15, -0.1) is 34.5 Å². The molecule has 1 amide bonds. The molecule has 2 unspecified atom stereocenters. The normalized spacial score (nSPS) is 19.6. The van der Waals surface area contributed by atoms with Gasteiger partial charge in [0.25, 0.3) is 0 Å². The molecule has 210 valence electrons. The number of nitrogens with zero attached hydrogens (tertiary/aromatic N) is 2. The molecule has 3 rings (SSSR count). The first-order valence-corrected chi connectivity index (χ1v) is 19.2. The molecule has 2 heterocycles. The van der Waals surface area contributed by atoms with E-state index in [9.17, 15) is 9.59 Å². The number of fused-ring (bicyclic) bond motifs is 1. The minimum Gasteiger partial charge on any atom is -0.461 e. The number of alkyl halides is 2. The van der Waals surface area contributed by atoms with Crippen molar-refractivity contribution < 1.29 is 18.8 Å². The molecule has 0 N–H and O–H groups in total. The fourth-order valence-electron chi connectivity index (χ4n) is 4.60. The number of hydrogen-bond donors (Lipinski definition) is 0. The number of aromatic nitrogens is 1. The van der Waals surface area contributed by atoms with E-state index in [1.54, 1.807) is 34.0 Å². The predicted molar refractivity (Wildman–Crippen MR) is 165 cm³/mol. The highest BCUT2D eigenvalue weighted by Gasteiger charge is 2.57. The van der Waals surface area contributed by atoms with Gasteiger partial charge in [-0.3, -0.25) is 4.79 Å². The van der Waals surface area contributed by atoms with E-state index in [-0.39, 0.29) is 35.1 Å². The second-order valence-corrected chi connectivity index (χ2v) is 18.0. The lowest BCUT2D eigenvalue weighted by Crippen LogP contribution is -2.67. The molecule has 2 aromatic rings. The standard InChI is InChI=1S/C26H36Cl2N2O4S3Si/c1-15(2)21(24(32)33-14-19(27)28)30-22(31)20(16(26(3,4)5)12-13-34-38(6)7)23(30)36-37-25-29-17-10-8-9-11-18(17)35-25/h8-11,16,19-21,23,38H,1,12-14H2,2-7H3/t16?,20-,21?,23-/m1/s1. The number of ether oxygens (including phenoxy) is 1. The van der Waals surface area contributed by atoms with Crippen molar-refractivity contribution in [1.29, 1.82) is 0 Å². The Labute approximate surface area is 249 Å². The lowest BCUT2D eigenvalue weighted by atomic mass is 9.68. The van der Waals surface area contributed by atoms with Crippen molar-refractivity contribution in [2.24, 2.45) is 17.3 Å². The highest BCUT2D eigenvalue weighted by atomic mass is 35.5. The first-order chi connectivity index (χ1) is 17.8. The summed E-state index contributed by atoms with van der Waals surface area (Å²) < 4.78 is 13.4. The molecule has 0 radical (unpaired) electrons. The molecule has 1 aliphatic rings. The average molecular weight is 636 g/mol. The van der Waals surface area contributed by atoms with Crippen LogP contribution in [0.5, 0.6) is 0 Å². The summed E-state index contributed by atoms with van der Waals surface area (Å²) in [5, 5.41) is -0.280. The third-order valence-corrected chi connectivity index (χ3v) is 11.6. The Morgan fingerprint density at radius 1 is 1.29 bits per heavy atom. The maximum absolute atomic E-state index is 13.9. The molecule has 4 atom stereocenters. The minimum absolute atomic E-state index is 0.0596. The first kappa shape index (κ1) is 31.8. The number of β-lactam (4-membered cyclic amide) rings is 1. The van der Waals surface area contributed by atoms with E-state index in [0.717, 1.165) is 21.0 Å². The predicted octanol–water partition coefficient (Wildman–Crippen LogP) is 7.17. The SMILES string of the molecule is C=C(C)C(C(=O)OCC(Cl)Cl)N1C(=O)[C@@H](C(CCO[SiH](C)C)C(C)(C)C)[C@H]1SSc1nc2ccccc2s1. The van der Waals surface area contributed by atoms with Crippen molar-refractivity contribution in [2.45, 2.75) is 67.8 Å². The lowest BCUT2D eigenvalue weighted by Gasteiger charge is -2.54. The summed E-state index contributed by atoms with van der Waals surface area (Å²) in [5.41, 5.74) is 1.33. The van der Waals surface area contributed by atoms with Crippen molar-refractivity contribution >= 4 is 87.3 Å². The highest BCUT2D eigenvalue weighted by molar-refractivity contribution is 8.77. The average Bonchev–Trinajstić information content (AvgIpc) is 3.24. The molecule has 1 aliphatic heterocycles. The Bertz CT molecular complexity index is 1110. The van der Waals surface area contributed by atoms with Crippen LogP contribution in [0.15, 0.2) is 40.8 Å². The van der Waals surface area contributed by atoms with Gasteiger partial charge >= 0.3 is 5.97 Å². The zero-order chi connectivity index (χ0) is 28.2. The smallest absolute Gasteiger partial charge is 0.333 e. The molecule has 12 heteroatoms. The van der Waals surface area contributed by atoms with Crippen LogP contribution in [0.25, 0.3) is 10.2 Å². The van der Waals surface area contributed by atoms with Crippen LogP contribution in [0.4, 0.5) is 0 Å². The maximum atomic E-state index is 13.9. The summed E-state index contributed by atoms with van der Waals surface area (Å²) in [6.07, 6.45) is 0.768. The van der Waals surface area contributed by atoms with E-state index in [4.69, 9.17) is 37.3 Å². The first-order valence-electron chi connectivity index (χ1n) is 12.5. The molecule has 1 fully saturated rings. The maximum Gasteiger partial charge on any atom is 0.333 e. The Hall–Kier alpha value is -0.753. The zero-order valence-corrected chi connectivity index (χ0v) is 27.7. The van der Waals surface area contributed by atoms with Crippen LogP contribution in [0.2, 0.25) is 13.1 Å². The molecule has 0 saturated carbocycles. The number of amides is 1. The van der Waals surface area contributed by atoms with Gasteiger partial charge in [-0.2, -0.15) is 0 Å². The molecule has 1 saturated heterocycles. The van der Waals surface area contributed by atoms with E-state index < -0.39 is 25.9 Å². The summed E-state index contributed by atoms with van der Waals surface area (Å²) in [6.45, 7) is 17.0. The number of benzene rings is 1. The topological polar surface area (TPSA) is 68.7 Å². The van der Waals surface area contributed by atoms with Crippen molar-refractivity contribution in [3.05, 3.63) is 36.4 Å². The number of para-hydroxylation sites is 1. The van der Waals surface area contributed by atoms with Crippen LogP contribution < -0.4 is 0 Å². The van der Waals surface area contributed by atoms with Gasteiger partial charge in [-0.25, -0.2) is 9.78 Å². The Morgan fingerprint density at radius 3 is 2.55 bits per heavy atom. The van der Waals surface area contributed by atoms with E-state index >= 15 is 0 Å². The fourth-order valence-corrected chi connectivity index (χ4v) is 9.45. The number of esters is 1. The van der Waals surface area contributed by atoms with E-state index in [0.29, 0.717) is 12.2 Å². The van der Waals surface area contributed by atoms with Gasteiger partial charge in [-0.05, 0) is 66.3 Å². The fraction of sp³-hybridized carbons (Fsp3) is 0.577. The summed E-state index contributed by atoms with van der Waals surface area (Å²) in [4.78, 5) is 32.5. The van der Waals surface area contributed by atoms with Crippen molar-refractivity contribution in [1.82, 2.24) is 9.88 Å². The summed E-state index contributed by atoms with van der Waals surface area (Å²) >= 11 is 13.2. The van der Waals surface area contributed by atoms with E-state index in [2.05, 4.69) is 40.4 Å². The van der Waals surface area contributed by atoms with Crippen LogP contribution in [0.3, 0.4) is 0 Å². The number of thiazole rings is 1. The number of halogens is 2. The van der Waals surface area contributed by atoms with Crippen LogP contribution in [-0.4, -0.2) is 60.3 Å². The summed E-state index contributed by atoms with van der Waals surface area (Å²) in [7, 11) is 1.91. The Balaban J connectivity index is 1.90. The van der Waals surface area contributed by atoms with Gasteiger partial charge in [0.05, 0.1) is 16.1 Å². The van der Waals surface area contributed by atoms with Gasteiger partial charge in [0, 0.05) is 6.61 Å². The van der Waals surface area contributed by atoms with Crippen molar-refractivity contribution in [3.63, 3.8) is 0 Å². The molecule has 1 aromatic carbocycles. The van der Waals surface area contributed by atoms with Crippen LogP contribution in [-0.2, 0) is 18.8 Å². The van der Waals surface area contributed by atoms with Crippen molar-refractivity contribution in [2.75, 3.05) is 13.2 Å². The second-order valence-electron chi connectivity index (χ2n) is 10.7.